The molecule has 2 heteroatoms. The van der Waals surface area contributed by atoms with E-state index >= 15 is 0 Å². The average Bonchev–Trinajstić information content (AvgIpc) is 1.61. The van der Waals surface area contributed by atoms with Gasteiger partial charge in [0.1, 0.15) is 0 Å². The summed E-state index contributed by atoms with van der Waals surface area (Å²) in [7, 11) is 0. The molecule has 0 aromatic heterocycles. The lowest BCUT2D eigenvalue weighted by atomic mass is 10.0. The van der Waals surface area contributed by atoms with Gasteiger partial charge in [0, 0.05) is 25.9 Å². The van der Waals surface area contributed by atoms with Crippen molar-refractivity contribution in [3.63, 3.8) is 0 Å². The second kappa shape index (κ2) is 2.21. The van der Waals surface area contributed by atoms with E-state index in [1.54, 1.807) is 6.92 Å². The van der Waals surface area contributed by atoms with Crippen LogP contribution in [0.2, 0.25) is 0 Å². The van der Waals surface area contributed by atoms with Crippen LogP contribution in [-0.4, -0.2) is 23.9 Å². The summed E-state index contributed by atoms with van der Waals surface area (Å²) in [5.74, 6) is 0.724. The van der Waals surface area contributed by atoms with Gasteiger partial charge >= 0.3 is 0 Å². The topological polar surface area (TPSA) is 20.3 Å². The number of nitrogens with zero attached hydrogens (tertiary/aromatic N) is 1. The Balaban J connectivity index is 2.26. The van der Waals surface area contributed by atoms with E-state index < -0.39 is 0 Å². The molecule has 1 rings (SSSR count). The lowest BCUT2D eigenvalue weighted by Crippen LogP contribution is -2.47. The predicted molar refractivity (Wildman–Crippen MR) is 35.9 cm³/mol. The highest BCUT2D eigenvalue weighted by Gasteiger charge is 2.25. The lowest BCUT2D eigenvalue weighted by molar-refractivity contribution is -0.133. The van der Waals surface area contributed by atoms with Gasteiger partial charge in [-0.15, -0.1) is 6.58 Å². The van der Waals surface area contributed by atoms with E-state index in [0.29, 0.717) is 5.92 Å². The molecule has 1 saturated heterocycles. The molecule has 9 heavy (non-hydrogen) atoms. The van der Waals surface area contributed by atoms with Gasteiger partial charge < -0.3 is 4.90 Å². The zero-order chi connectivity index (χ0) is 6.85. The molecule has 0 N–H and O–H groups in total. The number of likely N-dealkylation sites (tertiary alicyclic amines) is 1. The number of hydrogen-bond acceptors (Lipinski definition) is 1. The van der Waals surface area contributed by atoms with Crippen molar-refractivity contribution in [2.45, 2.75) is 6.92 Å². The summed E-state index contributed by atoms with van der Waals surface area (Å²) in [6.45, 7) is 6.98. The van der Waals surface area contributed by atoms with Crippen LogP contribution in [0.25, 0.3) is 0 Å². The summed E-state index contributed by atoms with van der Waals surface area (Å²) in [6.07, 6.45) is 1.90. The molecule has 0 aromatic rings. The smallest absolute Gasteiger partial charge is 0.219 e. The van der Waals surface area contributed by atoms with Crippen molar-refractivity contribution in [2.75, 3.05) is 13.1 Å². The maximum absolute atomic E-state index is 10.6. The molecule has 0 aliphatic carbocycles. The first-order chi connectivity index (χ1) is 4.24. The van der Waals surface area contributed by atoms with Gasteiger partial charge in [-0.05, 0) is 0 Å². The van der Waals surface area contributed by atoms with Gasteiger partial charge in [-0.25, -0.2) is 0 Å². The van der Waals surface area contributed by atoms with Gasteiger partial charge in [0.25, 0.3) is 0 Å². The normalized spacial score (nSPS) is 19.0. The minimum absolute atomic E-state index is 0.174. The van der Waals surface area contributed by atoms with Gasteiger partial charge in [0.15, 0.2) is 0 Å². The summed E-state index contributed by atoms with van der Waals surface area (Å²) >= 11 is 0. The van der Waals surface area contributed by atoms with Crippen LogP contribution in [0.4, 0.5) is 0 Å². The molecule has 0 atom stereocenters. The fourth-order valence-electron chi connectivity index (χ4n) is 0.919. The first kappa shape index (κ1) is 6.33. The Hall–Kier alpha value is -0.790. The lowest BCUT2D eigenvalue weighted by Gasteiger charge is -2.36. The van der Waals surface area contributed by atoms with E-state index in [2.05, 4.69) is 6.58 Å². The van der Waals surface area contributed by atoms with Gasteiger partial charge in [0.05, 0.1) is 0 Å². The molecular formula is C7H11NO. The molecule has 0 aromatic carbocycles. The minimum Gasteiger partial charge on any atom is -0.342 e. The van der Waals surface area contributed by atoms with Crippen molar-refractivity contribution < 1.29 is 4.79 Å². The molecular weight excluding hydrogens is 114 g/mol. The molecule has 0 spiro atoms. The molecule has 0 radical (unpaired) electrons. The molecule has 2 nitrogen and oxygen atoms in total. The highest BCUT2D eigenvalue weighted by Crippen LogP contribution is 2.15. The van der Waals surface area contributed by atoms with E-state index in [-0.39, 0.29) is 5.91 Å². The molecule has 0 saturated carbocycles. The molecule has 1 fully saturated rings. The third-order valence-electron chi connectivity index (χ3n) is 1.69. The first-order valence-corrected chi connectivity index (χ1v) is 3.12. The summed E-state index contributed by atoms with van der Waals surface area (Å²) < 4.78 is 0. The highest BCUT2D eigenvalue weighted by atomic mass is 16.2. The van der Waals surface area contributed by atoms with Crippen LogP contribution in [0, 0.1) is 5.92 Å². The molecule has 50 valence electrons. The van der Waals surface area contributed by atoms with Gasteiger partial charge in [-0.2, -0.15) is 0 Å². The molecule has 0 bridgehead atoms. The van der Waals surface area contributed by atoms with Crippen molar-refractivity contribution in [1.82, 2.24) is 4.90 Å². The third-order valence-corrected chi connectivity index (χ3v) is 1.69. The van der Waals surface area contributed by atoms with Crippen LogP contribution in [0.3, 0.4) is 0 Å². The van der Waals surface area contributed by atoms with E-state index in [4.69, 9.17) is 0 Å². The molecule has 1 heterocycles. The fourth-order valence-corrected chi connectivity index (χ4v) is 0.919. The summed E-state index contributed by atoms with van der Waals surface area (Å²) in [5, 5.41) is 0. The largest absolute Gasteiger partial charge is 0.342 e. The van der Waals surface area contributed by atoms with Crippen LogP contribution in [-0.2, 0) is 4.79 Å². The standard InChI is InChI=1S/C7H11NO/c1-3-7-4-8(5-7)6(2)9/h3,7H,1,4-5H2,2H3. The van der Waals surface area contributed by atoms with Gasteiger partial charge in [0.2, 0.25) is 5.91 Å². The Morgan fingerprint density at radius 1 is 1.78 bits per heavy atom. The van der Waals surface area contributed by atoms with Gasteiger partial charge in [-0.3, -0.25) is 4.79 Å². The molecule has 1 aliphatic heterocycles. The Morgan fingerprint density at radius 3 is 2.67 bits per heavy atom. The van der Waals surface area contributed by atoms with Crippen LogP contribution in [0.15, 0.2) is 12.7 Å². The van der Waals surface area contributed by atoms with E-state index in [1.807, 2.05) is 11.0 Å². The van der Waals surface area contributed by atoms with E-state index in [9.17, 15) is 4.79 Å². The molecule has 1 amide bonds. The Morgan fingerprint density at radius 2 is 2.33 bits per heavy atom. The van der Waals surface area contributed by atoms with Crippen LogP contribution in [0.1, 0.15) is 6.92 Å². The van der Waals surface area contributed by atoms with Gasteiger partial charge in [-0.1, -0.05) is 6.08 Å². The zero-order valence-electron chi connectivity index (χ0n) is 5.63. The first-order valence-electron chi connectivity index (χ1n) is 3.12. The fraction of sp³-hybridized carbons (Fsp3) is 0.571. The average molecular weight is 125 g/mol. The minimum atomic E-state index is 0.174. The second-order valence-electron chi connectivity index (χ2n) is 2.42. The van der Waals surface area contributed by atoms with Crippen LogP contribution >= 0.6 is 0 Å². The van der Waals surface area contributed by atoms with E-state index in [1.165, 1.54) is 0 Å². The number of hydrogen-bond donors (Lipinski definition) is 0. The maximum atomic E-state index is 10.6. The summed E-state index contributed by atoms with van der Waals surface area (Å²) in [6, 6.07) is 0. The van der Waals surface area contributed by atoms with Crippen molar-refractivity contribution in [3.05, 3.63) is 12.7 Å². The van der Waals surface area contributed by atoms with Crippen molar-refractivity contribution in [3.8, 4) is 0 Å². The monoisotopic (exact) mass is 125 g/mol. The third kappa shape index (κ3) is 1.12. The number of carbonyl (C=O) groups excluding carboxylic acids is 1. The SMILES string of the molecule is C=CC1CN(C(C)=O)C1. The van der Waals surface area contributed by atoms with E-state index in [0.717, 1.165) is 13.1 Å². The van der Waals surface area contributed by atoms with Crippen molar-refractivity contribution >= 4 is 5.91 Å². The van der Waals surface area contributed by atoms with Crippen LogP contribution < -0.4 is 0 Å². The van der Waals surface area contributed by atoms with Crippen molar-refractivity contribution in [2.24, 2.45) is 5.92 Å². The number of rotatable bonds is 1. The highest BCUT2D eigenvalue weighted by molar-refractivity contribution is 5.74. The molecule has 1 aliphatic rings. The second-order valence-corrected chi connectivity index (χ2v) is 2.42. The zero-order valence-corrected chi connectivity index (χ0v) is 5.63. The number of carbonyl (C=O) groups is 1. The molecule has 0 unspecified atom stereocenters. The summed E-state index contributed by atoms with van der Waals surface area (Å²) in [5.41, 5.74) is 0. The van der Waals surface area contributed by atoms with Crippen molar-refractivity contribution in [1.29, 1.82) is 0 Å². The Labute approximate surface area is 55.2 Å². The number of amides is 1. The van der Waals surface area contributed by atoms with Crippen LogP contribution in [0.5, 0.6) is 0 Å². The quantitative estimate of drug-likeness (QED) is 0.471. The maximum Gasteiger partial charge on any atom is 0.219 e. The predicted octanol–water partition coefficient (Wildman–Crippen LogP) is 0.651. The Bertz CT molecular complexity index is 136. The summed E-state index contributed by atoms with van der Waals surface area (Å²) in [4.78, 5) is 12.4. The Kier molecular flexibility index (Phi) is 1.56.